The number of nitrogens with zero attached hydrogens (tertiary/aromatic N) is 2. The molecule has 2 aromatic carbocycles. The van der Waals surface area contributed by atoms with Gasteiger partial charge in [-0.3, -0.25) is 24.7 Å². The van der Waals surface area contributed by atoms with Gasteiger partial charge in [0.05, 0.1) is 12.1 Å². The zero-order valence-electron chi connectivity index (χ0n) is 15.6. The van der Waals surface area contributed by atoms with Gasteiger partial charge in [-0.1, -0.05) is 30.3 Å². The SMILES string of the molecule is CCN1C(=O)C(CC(=O)Nc2ccccc2F)N(NC(=O)c2ccccc2)C1=S. The van der Waals surface area contributed by atoms with Crippen LogP contribution in [-0.4, -0.2) is 45.3 Å². The number of likely N-dealkylation sites (N-methyl/N-ethyl adjacent to an activating group) is 1. The van der Waals surface area contributed by atoms with E-state index in [-0.39, 0.29) is 17.2 Å². The fraction of sp³-hybridized carbons (Fsp3) is 0.200. The molecule has 3 amide bonds. The van der Waals surface area contributed by atoms with E-state index in [9.17, 15) is 18.8 Å². The van der Waals surface area contributed by atoms with Crippen molar-refractivity contribution in [2.24, 2.45) is 0 Å². The number of para-hydroxylation sites is 1. The molecule has 0 radical (unpaired) electrons. The molecule has 0 aromatic heterocycles. The molecule has 150 valence electrons. The van der Waals surface area contributed by atoms with Crippen molar-refractivity contribution in [1.82, 2.24) is 15.3 Å². The molecule has 2 N–H and O–H groups in total. The zero-order valence-corrected chi connectivity index (χ0v) is 16.4. The number of amides is 3. The van der Waals surface area contributed by atoms with Gasteiger partial charge >= 0.3 is 0 Å². The molecule has 7 nitrogen and oxygen atoms in total. The Kier molecular flexibility index (Phi) is 6.18. The first-order valence-electron chi connectivity index (χ1n) is 8.97. The van der Waals surface area contributed by atoms with Crippen molar-refractivity contribution in [3.8, 4) is 0 Å². The number of hydrogen-bond donors (Lipinski definition) is 2. The van der Waals surface area contributed by atoms with Crippen LogP contribution in [0.4, 0.5) is 10.1 Å². The molecule has 0 saturated carbocycles. The summed E-state index contributed by atoms with van der Waals surface area (Å²) < 4.78 is 13.8. The predicted molar refractivity (Wildman–Crippen MR) is 109 cm³/mol. The van der Waals surface area contributed by atoms with Crippen LogP contribution in [0.3, 0.4) is 0 Å². The second-order valence-corrected chi connectivity index (χ2v) is 6.66. The van der Waals surface area contributed by atoms with Gasteiger partial charge in [-0.25, -0.2) is 9.40 Å². The molecule has 29 heavy (non-hydrogen) atoms. The van der Waals surface area contributed by atoms with Crippen LogP contribution in [0.2, 0.25) is 0 Å². The standard InChI is InChI=1S/C20H19FN4O3S/c1-2-24-19(28)16(12-17(26)22-15-11-7-6-10-14(15)21)25(20(24)29)23-18(27)13-8-4-3-5-9-13/h3-11,16H,2,12H2,1H3,(H,22,26)(H,23,27). The van der Waals surface area contributed by atoms with Crippen LogP contribution in [0.5, 0.6) is 0 Å². The molecule has 1 aliphatic heterocycles. The molecule has 2 aromatic rings. The van der Waals surface area contributed by atoms with Gasteiger partial charge in [-0.15, -0.1) is 0 Å². The van der Waals surface area contributed by atoms with E-state index in [2.05, 4.69) is 10.7 Å². The normalized spacial score (nSPS) is 16.1. The van der Waals surface area contributed by atoms with E-state index in [0.29, 0.717) is 12.1 Å². The minimum atomic E-state index is -1.03. The van der Waals surface area contributed by atoms with E-state index < -0.39 is 29.6 Å². The third kappa shape index (κ3) is 4.40. The summed E-state index contributed by atoms with van der Waals surface area (Å²) in [6.07, 6.45) is -0.307. The number of carbonyl (C=O) groups excluding carboxylic acids is 3. The van der Waals surface area contributed by atoms with Crippen molar-refractivity contribution in [3.63, 3.8) is 0 Å². The smallest absolute Gasteiger partial charge is 0.269 e. The van der Waals surface area contributed by atoms with E-state index in [4.69, 9.17) is 12.2 Å². The number of anilines is 1. The van der Waals surface area contributed by atoms with Crippen molar-refractivity contribution in [3.05, 3.63) is 66.0 Å². The summed E-state index contributed by atoms with van der Waals surface area (Å²) in [6.45, 7) is 2.03. The Hall–Kier alpha value is -3.33. The molecule has 0 spiro atoms. The molecule has 1 aliphatic rings. The van der Waals surface area contributed by atoms with Crippen LogP contribution in [-0.2, 0) is 9.59 Å². The topological polar surface area (TPSA) is 81.8 Å². The van der Waals surface area contributed by atoms with Crippen molar-refractivity contribution >= 4 is 40.7 Å². The van der Waals surface area contributed by atoms with Crippen LogP contribution in [0, 0.1) is 5.82 Å². The highest BCUT2D eigenvalue weighted by Gasteiger charge is 2.43. The minimum absolute atomic E-state index is 0.0118. The summed E-state index contributed by atoms with van der Waals surface area (Å²) in [7, 11) is 0. The summed E-state index contributed by atoms with van der Waals surface area (Å²) in [5, 5.41) is 3.77. The van der Waals surface area contributed by atoms with Crippen molar-refractivity contribution in [1.29, 1.82) is 0 Å². The summed E-state index contributed by atoms with van der Waals surface area (Å²) in [6, 6.07) is 13.1. The first-order chi connectivity index (χ1) is 13.9. The van der Waals surface area contributed by atoms with E-state index >= 15 is 0 Å². The monoisotopic (exact) mass is 414 g/mol. The highest BCUT2D eigenvalue weighted by molar-refractivity contribution is 7.80. The fourth-order valence-electron chi connectivity index (χ4n) is 2.95. The van der Waals surface area contributed by atoms with Crippen LogP contribution in [0.1, 0.15) is 23.7 Å². The largest absolute Gasteiger partial charge is 0.324 e. The number of rotatable bonds is 6. The summed E-state index contributed by atoms with van der Waals surface area (Å²) in [5.41, 5.74) is 3.00. The molecular formula is C20H19FN4O3S. The molecule has 1 atom stereocenters. The number of carbonyl (C=O) groups is 3. The van der Waals surface area contributed by atoms with Gasteiger partial charge in [0, 0.05) is 12.1 Å². The molecule has 1 heterocycles. The van der Waals surface area contributed by atoms with Crippen LogP contribution in [0.25, 0.3) is 0 Å². The number of nitrogens with one attached hydrogen (secondary N) is 2. The highest BCUT2D eigenvalue weighted by Crippen LogP contribution is 2.20. The molecule has 0 aliphatic carbocycles. The van der Waals surface area contributed by atoms with E-state index in [0.717, 1.165) is 0 Å². The van der Waals surface area contributed by atoms with Crippen molar-refractivity contribution in [2.45, 2.75) is 19.4 Å². The summed E-state index contributed by atoms with van der Waals surface area (Å²) >= 11 is 5.31. The highest BCUT2D eigenvalue weighted by atomic mass is 32.1. The van der Waals surface area contributed by atoms with E-state index in [1.807, 2.05) is 0 Å². The van der Waals surface area contributed by atoms with Gasteiger partial charge in [0.2, 0.25) is 5.91 Å². The Bertz CT molecular complexity index is 954. The second-order valence-electron chi connectivity index (χ2n) is 6.29. The Labute approximate surface area is 172 Å². The summed E-state index contributed by atoms with van der Waals surface area (Å²) in [5.74, 6) is -2.03. The third-order valence-corrected chi connectivity index (χ3v) is 4.82. The first-order valence-corrected chi connectivity index (χ1v) is 9.38. The Morgan fingerprint density at radius 2 is 1.76 bits per heavy atom. The molecule has 1 unspecified atom stereocenters. The fourth-order valence-corrected chi connectivity index (χ4v) is 3.34. The molecule has 3 rings (SSSR count). The molecular weight excluding hydrogens is 395 g/mol. The van der Waals surface area contributed by atoms with Gasteiger partial charge < -0.3 is 5.32 Å². The third-order valence-electron chi connectivity index (χ3n) is 4.40. The molecule has 9 heteroatoms. The number of halogens is 1. The lowest BCUT2D eigenvalue weighted by Gasteiger charge is -2.24. The van der Waals surface area contributed by atoms with Crippen LogP contribution >= 0.6 is 12.2 Å². The van der Waals surface area contributed by atoms with Gasteiger partial charge in [0.15, 0.2) is 5.11 Å². The van der Waals surface area contributed by atoms with Gasteiger partial charge in [-0.2, -0.15) is 0 Å². The maximum atomic E-state index is 13.8. The van der Waals surface area contributed by atoms with Crippen LogP contribution in [0.15, 0.2) is 54.6 Å². The second kappa shape index (κ2) is 8.78. The minimum Gasteiger partial charge on any atom is -0.324 e. The number of hydrogen-bond acceptors (Lipinski definition) is 4. The zero-order chi connectivity index (χ0) is 21.0. The Balaban J connectivity index is 1.77. The van der Waals surface area contributed by atoms with E-state index in [1.165, 1.54) is 28.1 Å². The average Bonchev–Trinajstić information content (AvgIpc) is 2.93. The lowest BCUT2D eigenvalue weighted by Crippen LogP contribution is -2.49. The first kappa shape index (κ1) is 20.4. The molecule has 1 fully saturated rings. The maximum Gasteiger partial charge on any atom is 0.269 e. The number of thiocarbonyl (C=S) groups is 1. The van der Waals surface area contributed by atoms with Crippen molar-refractivity contribution < 1.29 is 18.8 Å². The van der Waals surface area contributed by atoms with Gasteiger partial charge in [-0.05, 0) is 43.4 Å². The predicted octanol–water partition coefficient (Wildman–Crippen LogP) is 2.32. The number of benzene rings is 2. The average molecular weight is 414 g/mol. The quantitative estimate of drug-likeness (QED) is 0.709. The Morgan fingerprint density at radius 3 is 2.41 bits per heavy atom. The maximum absolute atomic E-state index is 13.8. The Morgan fingerprint density at radius 1 is 1.10 bits per heavy atom. The molecule has 0 bridgehead atoms. The van der Waals surface area contributed by atoms with Gasteiger partial charge in [0.1, 0.15) is 11.9 Å². The molecule has 1 saturated heterocycles. The summed E-state index contributed by atoms with van der Waals surface area (Å²) in [4.78, 5) is 39.0. The lowest BCUT2D eigenvalue weighted by molar-refractivity contribution is -0.130. The number of hydrazine groups is 1. The lowest BCUT2D eigenvalue weighted by atomic mass is 10.1. The van der Waals surface area contributed by atoms with Gasteiger partial charge in [0.25, 0.3) is 11.8 Å². The van der Waals surface area contributed by atoms with Crippen LogP contribution < -0.4 is 10.7 Å². The van der Waals surface area contributed by atoms with Crippen molar-refractivity contribution in [2.75, 3.05) is 11.9 Å². The van der Waals surface area contributed by atoms with E-state index in [1.54, 1.807) is 43.3 Å².